The number of imidazole rings is 1. The highest BCUT2D eigenvalue weighted by molar-refractivity contribution is 4.94. The smallest absolute Gasteiger partial charge is 0.0923 e. The van der Waals surface area contributed by atoms with Crippen LogP contribution in [0.15, 0.2) is 12.5 Å². The van der Waals surface area contributed by atoms with Crippen molar-refractivity contribution < 1.29 is 0 Å². The molecule has 1 aromatic heterocycles. The van der Waals surface area contributed by atoms with Crippen LogP contribution in [-0.2, 0) is 6.54 Å². The topological polar surface area (TPSA) is 40.7 Å². The van der Waals surface area contributed by atoms with Gasteiger partial charge in [0.05, 0.1) is 12.0 Å². The van der Waals surface area contributed by atoms with Crippen LogP contribution in [-0.4, -0.2) is 15.5 Å². The number of rotatable bonds is 2. The van der Waals surface area contributed by atoms with Crippen molar-refractivity contribution in [1.82, 2.24) is 15.3 Å². The van der Waals surface area contributed by atoms with E-state index in [4.69, 9.17) is 0 Å². The van der Waals surface area contributed by atoms with Gasteiger partial charge >= 0.3 is 0 Å². The van der Waals surface area contributed by atoms with Gasteiger partial charge < -0.3 is 10.3 Å². The van der Waals surface area contributed by atoms with E-state index >= 15 is 0 Å². The Kier molecular flexibility index (Phi) is 2.29. The standard InChI is InChI=1S/C8H15N3/c1-8(2,3)11-5-7-4-9-6-10-7/h4,6,11H,5H2,1-3H3,(H,9,10). The van der Waals surface area contributed by atoms with Crippen LogP contribution in [0.5, 0.6) is 0 Å². The highest BCUT2D eigenvalue weighted by atomic mass is 15.0. The summed E-state index contributed by atoms with van der Waals surface area (Å²) in [7, 11) is 0. The molecule has 0 radical (unpaired) electrons. The maximum absolute atomic E-state index is 4.10. The normalized spacial score (nSPS) is 11.9. The Hall–Kier alpha value is -0.830. The Morgan fingerprint density at radius 1 is 1.55 bits per heavy atom. The minimum atomic E-state index is 0.166. The number of nitrogens with one attached hydrogen (secondary N) is 2. The molecule has 1 rings (SSSR count). The second-order valence-corrected chi connectivity index (χ2v) is 3.66. The second-order valence-electron chi connectivity index (χ2n) is 3.66. The van der Waals surface area contributed by atoms with Crippen LogP contribution in [0.4, 0.5) is 0 Å². The predicted molar refractivity (Wildman–Crippen MR) is 45.2 cm³/mol. The van der Waals surface area contributed by atoms with E-state index in [-0.39, 0.29) is 5.54 Å². The maximum atomic E-state index is 4.10. The van der Waals surface area contributed by atoms with Crippen molar-refractivity contribution in [2.24, 2.45) is 0 Å². The van der Waals surface area contributed by atoms with E-state index in [9.17, 15) is 0 Å². The molecule has 62 valence electrons. The third kappa shape index (κ3) is 3.18. The van der Waals surface area contributed by atoms with Crippen molar-refractivity contribution >= 4 is 0 Å². The van der Waals surface area contributed by atoms with Crippen molar-refractivity contribution in [2.45, 2.75) is 32.9 Å². The van der Waals surface area contributed by atoms with E-state index in [1.165, 1.54) is 0 Å². The first-order valence-corrected chi connectivity index (χ1v) is 3.80. The molecule has 0 aliphatic carbocycles. The van der Waals surface area contributed by atoms with Crippen LogP contribution in [0.2, 0.25) is 0 Å². The molecule has 0 saturated carbocycles. The molecule has 0 bridgehead atoms. The zero-order valence-electron chi connectivity index (χ0n) is 7.31. The Morgan fingerprint density at radius 2 is 2.27 bits per heavy atom. The molecule has 0 aliphatic heterocycles. The first kappa shape index (κ1) is 8.27. The summed E-state index contributed by atoms with van der Waals surface area (Å²) >= 11 is 0. The molecule has 1 heterocycles. The van der Waals surface area contributed by atoms with Gasteiger partial charge in [-0.3, -0.25) is 0 Å². The average Bonchev–Trinajstić information content (AvgIpc) is 2.32. The molecule has 0 aromatic carbocycles. The third-order valence-electron chi connectivity index (χ3n) is 1.35. The van der Waals surface area contributed by atoms with Gasteiger partial charge in [0, 0.05) is 18.3 Å². The molecule has 0 aliphatic rings. The van der Waals surface area contributed by atoms with Gasteiger partial charge in [0.25, 0.3) is 0 Å². The number of aromatic amines is 1. The van der Waals surface area contributed by atoms with Crippen LogP contribution in [0.1, 0.15) is 26.5 Å². The van der Waals surface area contributed by atoms with Gasteiger partial charge in [-0.2, -0.15) is 0 Å². The zero-order valence-corrected chi connectivity index (χ0v) is 7.31. The Balaban J connectivity index is 2.35. The molecule has 0 saturated heterocycles. The van der Waals surface area contributed by atoms with Gasteiger partial charge in [-0.25, -0.2) is 4.98 Å². The summed E-state index contributed by atoms with van der Waals surface area (Å²) in [5.41, 5.74) is 1.22. The van der Waals surface area contributed by atoms with Crippen molar-refractivity contribution in [3.8, 4) is 0 Å². The van der Waals surface area contributed by atoms with Crippen molar-refractivity contribution in [2.75, 3.05) is 0 Å². The fourth-order valence-electron chi connectivity index (χ4n) is 0.743. The number of H-pyrrole nitrogens is 1. The summed E-state index contributed by atoms with van der Waals surface area (Å²) in [5.74, 6) is 0. The van der Waals surface area contributed by atoms with Gasteiger partial charge in [-0.15, -0.1) is 0 Å². The molecule has 1 aromatic rings. The quantitative estimate of drug-likeness (QED) is 0.672. The van der Waals surface area contributed by atoms with Gasteiger partial charge in [0.2, 0.25) is 0 Å². The SMILES string of the molecule is CC(C)(C)NCc1c[nH]cn1. The lowest BCUT2D eigenvalue weighted by molar-refractivity contribution is 0.422. The maximum Gasteiger partial charge on any atom is 0.0923 e. The van der Waals surface area contributed by atoms with Crippen molar-refractivity contribution in [3.05, 3.63) is 18.2 Å². The van der Waals surface area contributed by atoms with Crippen LogP contribution >= 0.6 is 0 Å². The predicted octanol–water partition coefficient (Wildman–Crippen LogP) is 1.30. The minimum absolute atomic E-state index is 0.166. The Bertz CT molecular complexity index is 196. The highest BCUT2D eigenvalue weighted by Crippen LogP contribution is 2.00. The molecule has 0 spiro atoms. The summed E-state index contributed by atoms with van der Waals surface area (Å²) in [5, 5.41) is 3.34. The number of nitrogens with zero attached hydrogens (tertiary/aromatic N) is 1. The molecule has 11 heavy (non-hydrogen) atoms. The van der Waals surface area contributed by atoms with Gasteiger partial charge in [-0.05, 0) is 20.8 Å². The highest BCUT2D eigenvalue weighted by Gasteiger charge is 2.08. The fraction of sp³-hybridized carbons (Fsp3) is 0.625. The molecule has 2 N–H and O–H groups in total. The fourth-order valence-corrected chi connectivity index (χ4v) is 0.743. The Morgan fingerprint density at radius 3 is 2.73 bits per heavy atom. The lowest BCUT2D eigenvalue weighted by atomic mass is 10.1. The molecule has 0 atom stereocenters. The van der Waals surface area contributed by atoms with E-state index in [0.29, 0.717) is 0 Å². The lowest BCUT2D eigenvalue weighted by Crippen LogP contribution is -2.35. The van der Waals surface area contributed by atoms with Crippen LogP contribution < -0.4 is 5.32 Å². The van der Waals surface area contributed by atoms with E-state index in [1.807, 2.05) is 6.20 Å². The van der Waals surface area contributed by atoms with Crippen molar-refractivity contribution in [3.63, 3.8) is 0 Å². The van der Waals surface area contributed by atoms with E-state index in [2.05, 4.69) is 36.1 Å². The number of aromatic nitrogens is 2. The average molecular weight is 153 g/mol. The van der Waals surface area contributed by atoms with E-state index in [1.54, 1.807) is 6.33 Å². The molecule has 0 amide bonds. The summed E-state index contributed by atoms with van der Waals surface area (Å²) in [4.78, 5) is 7.02. The Labute approximate surface area is 67.2 Å². The molecule has 0 unspecified atom stereocenters. The summed E-state index contributed by atoms with van der Waals surface area (Å²) in [6.45, 7) is 7.24. The molecule has 3 heteroatoms. The van der Waals surface area contributed by atoms with Crippen LogP contribution in [0.25, 0.3) is 0 Å². The molecular weight excluding hydrogens is 138 g/mol. The first-order chi connectivity index (χ1) is 5.08. The molecule has 0 fully saturated rings. The monoisotopic (exact) mass is 153 g/mol. The van der Waals surface area contributed by atoms with Gasteiger partial charge in [0.1, 0.15) is 0 Å². The molecule has 3 nitrogen and oxygen atoms in total. The molecular formula is C8H15N3. The zero-order chi connectivity index (χ0) is 8.32. The second kappa shape index (κ2) is 3.05. The largest absolute Gasteiger partial charge is 0.351 e. The number of hydrogen-bond acceptors (Lipinski definition) is 2. The van der Waals surface area contributed by atoms with Gasteiger partial charge in [-0.1, -0.05) is 0 Å². The summed E-state index contributed by atoms with van der Waals surface area (Å²) < 4.78 is 0. The minimum Gasteiger partial charge on any atom is -0.351 e. The number of hydrogen-bond donors (Lipinski definition) is 2. The third-order valence-corrected chi connectivity index (χ3v) is 1.35. The first-order valence-electron chi connectivity index (χ1n) is 3.80. The van der Waals surface area contributed by atoms with E-state index in [0.717, 1.165) is 12.2 Å². The van der Waals surface area contributed by atoms with Gasteiger partial charge in [0.15, 0.2) is 0 Å². The van der Waals surface area contributed by atoms with Crippen molar-refractivity contribution in [1.29, 1.82) is 0 Å². The van der Waals surface area contributed by atoms with E-state index < -0.39 is 0 Å². The summed E-state index contributed by atoms with van der Waals surface area (Å²) in [6.07, 6.45) is 3.60. The van der Waals surface area contributed by atoms with Crippen LogP contribution in [0, 0.1) is 0 Å². The summed E-state index contributed by atoms with van der Waals surface area (Å²) in [6, 6.07) is 0. The van der Waals surface area contributed by atoms with Crippen LogP contribution in [0.3, 0.4) is 0 Å². The lowest BCUT2D eigenvalue weighted by Gasteiger charge is -2.19.